The summed E-state index contributed by atoms with van der Waals surface area (Å²) in [5.41, 5.74) is 3.39. The normalized spacial score (nSPS) is 10.8. The molecule has 1 N–H and O–H groups in total. The summed E-state index contributed by atoms with van der Waals surface area (Å²) in [5, 5.41) is 9.91. The molecule has 1 nitrogen and oxygen atoms in total. The summed E-state index contributed by atoms with van der Waals surface area (Å²) in [5.74, 6) is 0.350. The zero-order chi connectivity index (χ0) is 16.3. The Balaban J connectivity index is 1.70. The van der Waals surface area contributed by atoms with Gasteiger partial charge in [-0.1, -0.05) is 94.3 Å². The molecule has 0 aliphatic rings. The first-order chi connectivity index (χ1) is 11.3. The van der Waals surface area contributed by atoms with Crippen LogP contribution in [0.1, 0.15) is 63.9 Å². The van der Waals surface area contributed by atoms with Crippen molar-refractivity contribution >= 4 is 0 Å². The molecule has 0 aliphatic heterocycles. The van der Waals surface area contributed by atoms with Crippen LogP contribution in [-0.4, -0.2) is 5.11 Å². The van der Waals surface area contributed by atoms with E-state index in [0.29, 0.717) is 5.75 Å². The smallest absolute Gasteiger partial charge is 0.123 e. The zero-order valence-corrected chi connectivity index (χ0v) is 14.4. The van der Waals surface area contributed by atoms with Gasteiger partial charge in [-0.05, 0) is 30.0 Å². The molecule has 0 radical (unpaired) electrons. The third kappa shape index (κ3) is 6.09. The topological polar surface area (TPSA) is 20.2 Å². The van der Waals surface area contributed by atoms with E-state index in [0.717, 1.165) is 17.5 Å². The van der Waals surface area contributed by atoms with E-state index in [2.05, 4.69) is 31.2 Å². The van der Waals surface area contributed by atoms with Crippen molar-refractivity contribution in [3.05, 3.63) is 54.1 Å². The first kappa shape index (κ1) is 17.6. The maximum Gasteiger partial charge on any atom is 0.123 e. The highest BCUT2D eigenvalue weighted by molar-refractivity contribution is 5.69. The molecule has 0 unspecified atom stereocenters. The number of rotatable bonds is 10. The van der Waals surface area contributed by atoms with Crippen LogP contribution in [0.4, 0.5) is 0 Å². The van der Waals surface area contributed by atoms with Gasteiger partial charge in [-0.15, -0.1) is 0 Å². The molecule has 0 fully saturated rings. The van der Waals surface area contributed by atoms with Gasteiger partial charge in [0.15, 0.2) is 0 Å². The number of para-hydroxylation sites is 1. The van der Waals surface area contributed by atoms with E-state index < -0.39 is 0 Å². The lowest BCUT2D eigenvalue weighted by Gasteiger charge is -2.06. The highest BCUT2D eigenvalue weighted by atomic mass is 16.3. The molecule has 0 bridgehead atoms. The van der Waals surface area contributed by atoms with E-state index in [-0.39, 0.29) is 0 Å². The van der Waals surface area contributed by atoms with Crippen LogP contribution in [0, 0.1) is 0 Å². The van der Waals surface area contributed by atoms with Gasteiger partial charge in [0.1, 0.15) is 5.75 Å². The molecule has 0 amide bonds. The molecule has 2 aromatic carbocycles. The van der Waals surface area contributed by atoms with E-state index in [9.17, 15) is 5.11 Å². The Morgan fingerprint density at radius 3 is 1.96 bits per heavy atom. The predicted octanol–water partition coefficient (Wildman–Crippen LogP) is 6.74. The second kappa shape index (κ2) is 10.1. The minimum atomic E-state index is 0.350. The summed E-state index contributed by atoms with van der Waals surface area (Å²) >= 11 is 0. The molecule has 2 rings (SSSR count). The Morgan fingerprint density at radius 1 is 0.696 bits per heavy atom. The number of hydrogen-bond acceptors (Lipinski definition) is 1. The lowest BCUT2D eigenvalue weighted by atomic mass is 10.00. The van der Waals surface area contributed by atoms with E-state index >= 15 is 0 Å². The number of hydrogen-bond donors (Lipinski definition) is 1. The average molecular weight is 310 g/mol. The van der Waals surface area contributed by atoms with Gasteiger partial charge in [-0.25, -0.2) is 0 Å². The molecule has 0 saturated carbocycles. The largest absolute Gasteiger partial charge is 0.507 e. The van der Waals surface area contributed by atoms with E-state index in [4.69, 9.17) is 0 Å². The summed E-state index contributed by atoms with van der Waals surface area (Å²) in [6.07, 6.45) is 12.1. The summed E-state index contributed by atoms with van der Waals surface area (Å²) in [7, 11) is 0. The van der Waals surface area contributed by atoms with E-state index in [1.165, 1.54) is 56.9 Å². The number of phenolic OH excluding ortho intramolecular Hbond substituents is 1. The SMILES string of the molecule is CCCCCCCCCCc1ccc(-c2ccccc2O)cc1. The summed E-state index contributed by atoms with van der Waals surface area (Å²) < 4.78 is 0. The lowest BCUT2D eigenvalue weighted by molar-refractivity contribution is 0.477. The fourth-order valence-corrected chi connectivity index (χ4v) is 3.03. The summed E-state index contributed by atoms with van der Waals surface area (Å²) in [6.45, 7) is 2.27. The Bertz CT molecular complexity index is 556. The third-order valence-corrected chi connectivity index (χ3v) is 4.49. The molecular formula is C22H30O. The Hall–Kier alpha value is -1.76. The standard InChI is InChI=1S/C22H30O/c1-2-3-4-5-6-7-8-9-12-19-15-17-20(18-16-19)21-13-10-11-14-22(21)23/h10-11,13-18,23H,2-9,12H2,1H3. The van der Waals surface area contributed by atoms with Crippen molar-refractivity contribution in [2.24, 2.45) is 0 Å². The van der Waals surface area contributed by atoms with Gasteiger partial charge >= 0.3 is 0 Å². The predicted molar refractivity (Wildman–Crippen MR) is 99.9 cm³/mol. The van der Waals surface area contributed by atoms with Gasteiger partial charge in [0.2, 0.25) is 0 Å². The maximum atomic E-state index is 9.91. The van der Waals surface area contributed by atoms with Crippen molar-refractivity contribution in [1.29, 1.82) is 0 Å². The number of phenols is 1. The minimum Gasteiger partial charge on any atom is -0.507 e. The molecule has 0 spiro atoms. The van der Waals surface area contributed by atoms with Crippen LogP contribution in [0.3, 0.4) is 0 Å². The molecule has 0 heterocycles. The Labute approximate surface area is 141 Å². The second-order valence-electron chi connectivity index (χ2n) is 6.44. The molecule has 0 saturated heterocycles. The van der Waals surface area contributed by atoms with Gasteiger partial charge < -0.3 is 5.11 Å². The van der Waals surface area contributed by atoms with Crippen molar-refractivity contribution in [3.8, 4) is 16.9 Å². The van der Waals surface area contributed by atoms with E-state index in [1.54, 1.807) is 6.07 Å². The molecule has 0 atom stereocenters. The first-order valence-electron chi connectivity index (χ1n) is 9.18. The molecule has 0 aliphatic carbocycles. The van der Waals surface area contributed by atoms with Crippen molar-refractivity contribution < 1.29 is 5.11 Å². The van der Waals surface area contributed by atoms with Crippen LogP contribution in [0.15, 0.2) is 48.5 Å². The van der Waals surface area contributed by atoms with E-state index in [1.807, 2.05) is 18.2 Å². The highest BCUT2D eigenvalue weighted by Gasteiger charge is 2.03. The lowest BCUT2D eigenvalue weighted by Crippen LogP contribution is -1.87. The molecule has 1 heteroatoms. The molecule has 23 heavy (non-hydrogen) atoms. The summed E-state index contributed by atoms with van der Waals surface area (Å²) in [6, 6.07) is 16.2. The fourth-order valence-electron chi connectivity index (χ4n) is 3.03. The van der Waals surface area contributed by atoms with Gasteiger partial charge in [0, 0.05) is 5.56 Å². The molecular weight excluding hydrogens is 280 g/mol. The van der Waals surface area contributed by atoms with Gasteiger partial charge in [-0.3, -0.25) is 0 Å². The van der Waals surface area contributed by atoms with Gasteiger partial charge in [-0.2, -0.15) is 0 Å². The summed E-state index contributed by atoms with van der Waals surface area (Å²) in [4.78, 5) is 0. The van der Waals surface area contributed by atoms with Crippen LogP contribution in [0.25, 0.3) is 11.1 Å². The van der Waals surface area contributed by atoms with Crippen LogP contribution in [0.2, 0.25) is 0 Å². The fraction of sp³-hybridized carbons (Fsp3) is 0.455. The monoisotopic (exact) mass is 310 g/mol. The number of aryl methyl sites for hydroxylation is 1. The third-order valence-electron chi connectivity index (χ3n) is 4.49. The van der Waals surface area contributed by atoms with Crippen LogP contribution in [0.5, 0.6) is 5.75 Å². The van der Waals surface area contributed by atoms with Crippen molar-refractivity contribution in [3.63, 3.8) is 0 Å². The average Bonchev–Trinajstić information content (AvgIpc) is 2.58. The molecule has 2 aromatic rings. The number of unbranched alkanes of at least 4 members (excludes halogenated alkanes) is 7. The van der Waals surface area contributed by atoms with Crippen LogP contribution >= 0.6 is 0 Å². The van der Waals surface area contributed by atoms with Gasteiger partial charge in [0.05, 0.1) is 0 Å². The maximum absolute atomic E-state index is 9.91. The van der Waals surface area contributed by atoms with Crippen molar-refractivity contribution in [1.82, 2.24) is 0 Å². The van der Waals surface area contributed by atoms with Crippen LogP contribution < -0.4 is 0 Å². The van der Waals surface area contributed by atoms with Crippen molar-refractivity contribution in [2.45, 2.75) is 64.7 Å². The minimum absolute atomic E-state index is 0.350. The zero-order valence-electron chi connectivity index (χ0n) is 14.4. The molecule has 0 aromatic heterocycles. The van der Waals surface area contributed by atoms with Crippen molar-refractivity contribution in [2.75, 3.05) is 0 Å². The first-order valence-corrected chi connectivity index (χ1v) is 9.18. The quantitative estimate of drug-likeness (QED) is 0.482. The van der Waals surface area contributed by atoms with Gasteiger partial charge in [0.25, 0.3) is 0 Å². The Kier molecular flexibility index (Phi) is 7.72. The highest BCUT2D eigenvalue weighted by Crippen LogP contribution is 2.28. The second-order valence-corrected chi connectivity index (χ2v) is 6.44. The number of aromatic hydroxyl groups is 1. The number of benzene rings is 2. The molecule has 124 valence electrons. The Morgan fingerprint density at radius 2 is 1.30 bits per heavy atom. The van der Waals surface area contributed by atoms with Crippen LogP contribution in [-0.2, 0) is 6.42 Å².